The average molecular weight is 337 g/mol. The van der Waals surface area contributed by atoms with Crippen molar-refractivity contribution in [3.8, 4) is 0 Å². The fraction of sp³-hybridized carbons (Fsp3) is 0.500. The van der Waals surface area contributed by atoms with Crippen LogP contribution in [0.2, 0.25) is 0 Å². The molecular weight excluding hydrogens is 319 g/mol. The summed E-state index contributed by atoms with van der Waals surface area (Å²) in [5.41, 5.74) is 2.32. The Bertz CT molecular complexity index is 716. The van der Waals surface area contributed by atoms with E-state index in [4.69, 9.17) is 0 Å². The fourth-order valence-corrected chi connectivity index (χ4v) is 3.48. The number of anilines is 1. The lowest BCUT2D eigenvalue weighted by molar-refractivity contribution is -0.147. The quantitative estimate of drug-likeness (QED) is 0.914. The van der Waals surface area contributed by atoms with Gasteiger partial charge in [-0.1, -0.05) is 12.1 Å². The monoisotopic (exact) mass is 337 g/mol. The van der Waals surface area contributed by atoms with Crippen LogP contribution in [0.3, 0.4) is 0 Å². The molecule has 1 unspecified atom stereocenters. The number of aromatic nitrogens is 3. The van der Waals surface area contributed by atoms with Crippen molar-refractivity contribution in [1.29, 1.82) is 0 Å². The minimum atomic E-state index is -4.45. The Labute approximate surface area is 137 Å². The van der Waals surface area contributed by atoms with Gasteiger partial charge >= 0.3 is 6.18 Å². The largest absolute Gasteiger partial charge is 0.451 e. The number of hydrogen-bond acceptors (Lipinski definition) is 4. The molecule has 0 spiro atoms. The molecule has 3 heterocycles. The van der Waals surface area contributed by atoms with Crippen molar-refractivity contribution in [2.75, 3.05) is 24.5 Å². The minimum absolute atomic E-state index is 0.242. The Hall–Kier alpha value is -2.09. The van der Waals surface area contributed by atoms with Crippen molar-refractivity contribution in [2.24, 2.45) is 0 Å². The predicted octanol–water partition coefficient (Wildman–Crippen LogP) is 2.39. The molecule has 1 atom stereocenters. The molecule has 1 fully saturated rings. The van der Waals surface area contributed by atoms with Crippen LogP contribution < -0.4 is 10.2 Å². The van der Waals surface area contributed by atoms with Gasteiger partial charge in [-0.15, -0.1) is 10.2 Å². The maximum atomic E-state index is 12.9. The summed E-state index contributed by atoms with van der Waals surface area (Å²) in [6, 6.07) is 8.33. The van der Waals surface area contributed by atoms with Gasteiger partial charge in [-0.25, -0.2) is 0 Å². The highest BCUT2D eigenvalue weighted by molar-refractivity contribution is 5.48. The predicted molar refractivity (Wildman–Crippen MR) is 82.7 cm³/mol. The summed E-state index contributed by atoms with van der Waals surface area (Å²) in [7, 11) is 0. The first-order valence-electron chi connectivity index (χ1n) is 8.07. The fourth-order valence-electron chi connectivity index (χ4n) is 3.48. The number of hydrogen-bond donors (Lipinski definition) is 1. The molecule has 2 aliphatic rings. The topological polar surface area (TPSA) is 46.0 Å². The van der Waals surface area contributed by atoms with Crippen molar-refractivity contribution in [2.45, 2.75) is 31.6 Å². The number of alkyl halides is 3. The number of nitrogens with zero attached hydrogens (tertiary/aromatic N) is 4. The van der Waals surface area contributed by atoms with Crippen LogP contribution in [0.1, 0.15) is 29.6 Å². The third-order valence-electron chi connectivity index (χ3n) is 4.80. The van der Waals surface area contributed by atoms with Crippen LogP contribution in [0, 0.1) is 0 Å². The average Bonchev–Trinajstić information content (AvgIpc) is 3.23. The van der Waals surface area contributed by atoms with Gasteiger partial charge in [-0.2, -0.15) is 13.2 Å². The Morgan fingerprint density at radius 3 is 2.54 bits per heavy atom. The molecular formula is C16H18F3N5. The number of nitrogens with one attached hydrogen (secondary N) is 1. The Morgan fingerprint density at radius 2 is 1.88 bits per heavy atom. The molecule has 5 nitrogen and oxygen atoms in total. The molecule has 24 heavy (non-hydrogen) atoms. The van der Waals surface area contributed by atoms with E-state index in [1.54, 1.807) is 0 Å². The van der Waals surface area contributed by atoms with Crippen molar-refractivity contribution in [3.05, 3.63) is 41.5 Å². The van der Waals surface area contributed by atoms with Crippen LogP contribution in [0.5, 0.6) is 0 Å². The van der Waals surface area contributed by atoms with E-state index in [1.807, 2.05) is 17.0 Å². The SMILES string of the molecule is FC(F)(F)c1nnc2n1CCN(c1ccc(C3CCNC3)cc1)C2. The smallest absolute Gasteiger partial charge is 0.362 e. The second-order valence-electron chi connectivity index (χ2n) is 6.29. The molecule has 2 aromatic rings. The van der Waals surface area contributed by atoms with Gasteiger partial charge < -0.3 is 14.8 Å². The van der Waals surface area contributed by atoms with Gasteiger partial charge in [-0.3, -0.25) is 0 Å². The summed E-state index contributed by atoms with van der Waals surface area (Å²) in [6.07, 6.45) is -3.31. The van der Waals surface area contributed by atoms with Crippen LogP contribution in [-0.2, 0) is 19.3 Å². The molecule has 128 valence electrons. The number of halogens is 3. The molecule has 0 aliphatic carbocycles. The maximum Gasteiger partial charge on any atom is 0.451 e. The second-order valence-corrected chi connectivity index (χ2v) is 6.29. The third-order valence-corrected chi connectivity index (χ3v) is 4.80. The first-order chi connectivity index (χ1) is 11.5. The highest BCUT2D eigenvalue weighted by Gasteiger charge is 2.39. The molecule has 1 aromatic heterocycles. The van der Waals surface area contributed by atoms with Gasteiger partial charge in [0.25, 0.3) is 0 Å². The zero-order valence-electron chi connectivity index (χ0n) is 13.1. The first-order valence-corrected chi connectivity index (χ1v) is 8.07. The molecule has 0 amide bonds. The first kappa shape index (κ1) is 15.4. The van der Waals surface area contributed by atoms with Crippen molar-refractivity contribution < 1.29 is 13.2 Å². The second kappa shape index (κ2) is 5.77. The Morgan fingerprint density at radius 1 is 1.08 bits per heavy atom. The zero-order chi connectivity index (χ0) is 16.7. The lowest BCUT2D eigenvalue weighted by Crippen LogP contribution is -2.35. The number of benzene rings is 1. The van der Waals surface area contributed by atoms with Gasteiger partial charge in [0.1, 0.15) is 0 Å². The van der Waals surface area contributed by atoms with E-state index in [2.05, 4.69) is 27.6 Å². The van der Waals surface area contributed by atoms with Crippen molar-refractivity contribution in [1.82, 2.24) is 20.1 Å². The maximum absolute atomic E-state index is 12.9. The van der Waals surface area contributed by atoms with E-state index in [1.165, 1.54) is 10.1 Å². The summed E-state index contributed by atoms with van der Waals surface area (Å²) >= 11 is 0. The molecule has 0 radical (unpaired) electrons. The van der Waals surface area contributed by atoms with E-state index in [0.29, 0.717) is 24.8 Å². The summed E-state index contributed by atoms with van der Waals surface area (Å²) in [6.45, 7) is 3.15. The van der Waals surface area contributed by atoms with E-state index >= 15 is 0 Å². The lowest BCUT2D eigenvalue weighted by Gasteiger charge is -2.30. The standard InChI is InChI=1S/C16H18F3N5/c17-16(18,19)15-22-21-14-10-23(7-8-24(14)15)13-3-1-11(2-4-13)12-5-6-20-9-12/h1-4,12,20H,5-10H2. The van der Waals surface area contributed by atoms with Crippen molar-refractivity contribution >= 4 is 5.69 Å². The van der Waals surface area contributed by atoms with Crippen LogP contribution in [0.15, 0.2) is 24.3 Å². The zero-order valence-corrected chi connectivity index (χ0v) is 13.1. The highest BCUT2D eigenvalue weighted by atomic mass is 19.4. The Kier molecular flexibility index (Phi) is 3.71. The summed E-state index contributed by atoms with van der Waals surface area (Å²) in [5, 5.41) is 10.4. The Balaban J connectivity index is 1.51. The van der Waals surface area contributed by atoms with Crippen LogP contribution in [-0.4, -0.2) is 34.4 Å². The van der Waals surface area contributed by atoms with Crippen LogP contribution in [0.25, 0.3) is 0 Å². The van der Waals surface area contributed by atoms with Gasteiger partial charge in [0.05, 0.1) is 6.54 Å². The summed E-state index contributed by atoms with van der Waals surface area (Å²) in [4.78, 5) is 2.04. The van der Waals surface area contributed by atoms with E-state index < -0.39 is 12.0 Å². The third kappa shape index (κ3) is 2.75. The van der Waals surface area contributed by atoms with Gasteiger partial charge in [0, 0.05) is 25.3 Å². The van der Waals surface area contributed by atoms with Gasteiger partial charge in [0.2, 0.25) is 5.82 Å². The van der Waals surface area contributed by atoms with Gasteiger partial charge in [-0.05, 0) is 36.6 Å². The molecule has 2 aliphatic heterocycles. The summed E-state index contributed by atoms with van der Waals surface area (Å²) < 4.78 is 39.8. The lowest BCUT2D eigenvalue weighted by atomic mass is 9.98. The van der Waals surface area contributed by atoms with Gasteiger partial charge in [0.15, 0.2) is 5.82 Å². The molecule has 0 bridgehead atoms. The van der Waals surface area contributed by atoms with E-state index in [9.17, 15) is 13.2 Å². The molecule has 4 rings (SSSR count). The van der Waals surface area contributed by atoms with Crippen LogP contribution >= 0.6 is 0 Å². The van der Waals surface area contributed by atoms with E-state index in [0.717, 1.165) is 25.2 Å². The van der Waals surface area contributed by atoms with Crippen molar-refractivity contribution in [3.63, 3.8) is 0 Å². The molecule has 1 saturated heterocycles. The van der Waals surface area contributed by atoms with Crippen LogP contribution in [0.4, 0.5) is 18.9 Å². The number of rotatable bonds is 2. The normalized spacial score (nSPS) is 21.1. The highest BCUT2D eigenvalue weighted by Crippen LogP contribution is 2.31. The number of fused-ring (bicyclic) bond motifs is 1. The molecule has 0 saturated carbocycles. The minimum Gasteiger partial charge on any atom is -0.362 e. The summed E-state index contributed by atoms with van der Waals surface area (Å²) in [5.74, 6) is 0.0109. The molecule has 1 aromatic carbocycles. The van der Waals surface area contributed by atoms with E-state index in [-0.39, 0.29) is 6.54 Å². The molecule has 8 heteroatoms. The molecule has 1 N–H and O–H groups in total.